The molecule has 4 unspecified atom stereocenters. The summed E-state index contributed by atoms with van der Waals surface area (Å²) in [6.45, 7) is 6.76. The van der Waals surface area contributed by atoms with E-state index in [2.05, 4.69) is 26.1 Å². The lowest BCUT2D eigenvalue weighted by Crippen LogP contribution is -2.25. The molecule has 1 rings (SSSR count). The zero-order valence-corrected chi connectivity index (χ0v) is 10.0. The number of rotatable bonds is 5. The lowest BCUT2D eigenvalue weighted by atomic mass is 9.95. The van der Waals surface area contributed by atoms with E-state index in [9.17, 15) is 0 Å². The Labute approximate surface area is 88.4 Å². The summed E-state index contributed by atoms with van der Waals surface area (Å²) in [7, 11) is 2.03. The van der Waals surface area contributed by atoms with Crippen molar-refractivity contribution in [2.45, 2.75) is 64.7 Å². The summed E-state index contributed by atoms with van der Waals surface area (Å²) in [5.74, 6) is 0.771. The quantitative estimate of drug-likeness (QED) is 0.735. The van der Waals surface area contributed by atoms with Crippen molar-refractivity contribution < 1.29 is 4.74 Å². The summed E-state index contributed by atoms with van der Waals surface area (Å²) in [6.07, 6.45) is 6.03. The van der Waals surface area contributed by atoms with Gasteiger partial charge < -0.3 is 10.1 Å². The molecule has 0 saturated carbocycles. The van der Waals surface area contributed by atoms with Crippen molar-refractivity contribution in [2.24, 2.45) is 5.92 Å². The highest BCUT2D eigenvalue weighted by Crippen LogP contribution is 2.25. The molecule has 0 aromatic carbocycles. The highest BCUT2D eigenvalue weighted by molar-refractivity contribution is 4.74. The highest BCUT2D eigenvalue weighted by Gasteiger charge is 2.23. The van der Waals surface area contributed by atoms with Crippen LogP contribution < -0.4 is 5.32 Å². The van der Waals surface area contributed by atoms with Crippen LogP contribution in [-0.2, 0) is 4.74 Å². The Kier molecular flexibility index (Phi) is 4.90. The van der Waals surface area contributed by atoms with Gasteiger partial charge in [-0.15, -0.1) is 0 Å². The predicted molar refractivity (Wildman–Crippen MR) is 60.5 cm³/mol. The van der Waals surface area contributed by atoms with Gasteiger partial charge in [0, 0.05) is 6.04 Å². The molecule has 1 fully saturated rings. The molecule has 0 aliphatic carbocycles. The molecule has 0 spiro atoms. The van der Waals surface area contributed by atoms with Crippen LogP contribution in [0.25, 0.3) is 0 Å². The highest BCUT2D eigenvalue weighted by atomic mass is 16.5. The smallest absolute Gasteiger partial charge is 0.0582 e. The lowest BCUT2D eigenvalue weighted by molar-refractivity contribution is 0.0410. The molecule has 2 nitrogen and oxygen atoms in total. The van der Waals surface area contributed by atoms with Gasteiger partial charge in [-0.2, -0.15) is 0 Å². The maximum Gasteiger partial charge on any atom is 0.0582 e. The van der Waals surface area contributed by atoms with Crippen LogP contribution in [0.4, 0.5) is 0 Å². The molecular weight excluding hydrogens is 174 g/mol. The van der Waals surface area contributed by atoms with Crippen LogP contribution in [0.15, 0.2) is 0 Å². The minimum Gasteiger partial charge on any atom is -0.375 e. The fraction of sp³-hybridized carbons (Fsp3) is 1.00. The Bertz CT molecular complexity index is 160. The van der Waals surface area contributed by atoms with E-state index in [1.165, 1.54) is 25.7 Å². The lowest BCUT2D eigenvalue weighted by Gasteiger charge is -2.20. The van der Waals surface area contributed by atoms with E-state index in [0.717, 1.165) is 5.92 Å². The van der Waals surface area contributed by atoms with E-state index in [-0.39, 0.29) is 0 Å². The van der Waals surface area contributed by atoms with Crippen molar-refractivity contribution in [3.8, 4) is 0 Å². The van der Waals surface area contributed by atoms with E-state index in [4.69, 9.17) is 4.74 Å². The second kappa shape index (κ2) is 5.72. The second-order valence-corrected chi connectivity index (χ2v) is 4.91. The topological polar surface area (TPSA) is 21.3 Å². The molecule has 0 amide bonds. The van der Waals surface area contributed by atoms with Crippen molar-refractivity contribution in [2.75, 3.05) is 7.05 Å². The summed E-state index contributed by atoms with van der Waals surface area (Å²) in [4.78, 5) is 0. The first-order valence-electron chi connectivity index (χ1n) is 5.94. The van der Waals surface area contributed by atoms with E-state index in [1.54, 1.807) is 0 Å². The average Bonchev–Trinajstić information content (AvgIpc) is 2.50. The summed E-state index contributed by atoms with van der Waals surface area (Å²) in [6, 6.07) is 0.629. The standard InChI is InChI=1S/C12H25NO/c1-9(7-10(2)13-4)8-12-6-5-11(3)14-12/h9-13H,5-8H2,1-4H3. The van der Waals surface area contributed by atoms with E-state index in [0.29, 0.717) is 18.2 Å². The Balaban J connectivity index is 2.16. The Hall–Kier alpha value is -0.0800. The van der Waals surface area contributed by atoms with Gasteiger partial charge in [-0.3, -0.25) is 0 Å². The average molecular weight is 199 g/mol. The predicted octanol–water partition coefficient (Wildman–Crippen LogP) is 2.58. The Morgan fingerprint density at radius 2 is 2.07 bits per heavy atom. The SMILES string of the molecule is CNC(C)CC(C)CC1CCC(C)O1. The van der Waals surface area contributed by atoms with Crippen LogP contribution in [0, 0.1) is 5.92 Å². The number of hydrogen-bond donors (Lipinski definition) is 1. The van der Waals surface area contributed by atoms with Gasteiger partial charge in [0.1, 0.15) is 0 Å². The normalized spacial score (nSPS) is 31.7. The third-order valence-electron chi connectivity index (χ3n) is 3.23. The molecule has 1 N–H and O–H groups in total. The van der Waals surface area contributed by atoms with Gasteiger partial charge in [-0.1, -0.05) is 6.92 Å². The Morgan fingerprint density at radius 1 is 1.36 bits per heavy atom. The van der Waals surface area contributed by atoms with Gasteiger partial charge in [-0.25, -0.2) is 0 Å². The van der Waals surface area contributed by atoms with Gasteiger partial charge in [0.15, 0.2) is 0 Å². The van der Waals surface area contributed by atoms with Gasteiger partial charge in [0.2, 0.25) is 0 Å². The van der Waals surface area contributed by atoms with Gasteiger partial charge in [0.05, 0.1) is 12.2 Å². The molecule has 0 aromatic heterocycles. The number of nitrogens with one attached hydrogen (secondary N) is 1. The summed E-state index contributed by atoms with van der Waals surface area (Å²) < 4.78 is 5.83. The molecule has 14 heavy (non-hydrogen) atoms. The molecule has 1 aliphatic rings. The molecule has 84 valence electrons. The molecule has 1 saturated heterocycles. The number of hydrogen-bond acceptors (Lipinski definition) is 2. The largest absolute Gasteiger partial charge is 0.375 e. The van der Waals surface area contributed by atoms with Crippen LogP contribution in [0.2, 0.25) is 0 Å². The summed E-state index contributed by atoms with van der Waals surface area (Å²) >= 11 is 0. The monoisotopic (exact) mass is 199 g/mol. The molecule has 0 radical (unpaired) electrons. The molecule has 0 aromatic rings. The van der Waals surface area contributed by atoms with Crippen LogP contribution in [0.5, 0.6) is 0 Å². The molecular formula is C12H25NO. The molecule has 2 heteroatoms. The van der Waals surface area contributed by atoms with E-state index in [1.807, 2.05) is 7.05 Å². The minimum atomic E-state index is 0.494. The van der Waals surface area contributed by atoms with E-state index >= 15 is 0 Å². The zero-order chi connectivity index (χ0) is 10.6. The maximum atomic E-state index is 5.83. The van der Waals surface area contributed by atoms with Gasteiger partial charge in [-0.05, 0) is 52.5 Å². The Morgan fingerprint density at radius 3 is 2.57 bits per heavy atom. The van der Waals surface area contributed by atoms with Crippen molar-refractivity contribution >= 4 is 0 Å². The first kappa shape index (κ1) is 12.0. The van der Waals surface area contributed by atoms with E-state index < -0.39 is 0 Å². The first-order valence-corrected chi connectivity index (χ1v) is 5.94. The molecule has 4 atom stereocenters. The summed E-state index contributed by atoms with van der Waals surface area (Å²) in [5, 5.41) is 3.29. The van der Waals surface area contributed by atoms with Crippen LogP contribution in [0.1, 0.15) is 46.5 Å². The first-order chi connectivity index (χ1) is 6.61. The van der Waals surface area contributed by atoms with Crippen LogP contribution in [-0.4, -0.2) is 25.3 Å². The fourth-order valence-corrected chi connectivity index (χ4v) is 2.33. The molecule has 0 bridgehead atoms. The summed E-state index contributed by atoms with van der Waals surface area (Å²) in [5.41, 5.74) is 0. The van der Waals surface area contributed by atoms with Gasteiger partial charge >= 0.3 is 0 Å². The van der Waals surface area contributed by atoms with Crippen molar-refractivity contribution in [3.05, 3.63) is 0 Å². The van der Waals surface area contributed by atoms with Crippen molar-refractivity contribution in [3.63, 3.8) is 0 Å². The van der Waals surface area contributed by atoms with Crippen LogP contribution in [0.3, 0.4) is 0 Å². The van der Waals surface area contributed by atoms with Crippen molar-refractivity contribution in [1.29, 1.82) is 0 Å². The zero-order valence-electron chi connectivity index (χ0n) is 10.0. The van der Waals surface area contributed by atoms with Crippen molar-refractivity contribution in [1.82, 2.24) is 5.32 Å². The maximum absolute atomic E-state index is 5.83. The number of ether oxygens (including phenoxy) is 1. The van der Waals surface area contributed by atoms with Gasteiger partial charge in [0.25, 0.3) is 0 Å². The minimum absolute atomic E-state index is 0.494. The molecule has 1 aliphatic heterocycles. The van der Waals surface area contributed by atoms with Crippen LogP contribution >= 0.6 is 0 Å². The fourth-order valence-electron chi connectivity index (χ4n) is 2.33. The second-order valence-electron chi connectivity index (χ2n) is 4.91. The third-order valence-corrected chi connectivity index (χ3v) is 3.23. The third kappa shape index (κ3) is 3.97. The molecule has 1 heterocycles.